The molecule has 2 aromatic rings. The number of hydrogen-bond acceptors (Lipinski definition) is 6. The maximum absolute atomic E-state index is 13.1. The normalized spacial score (nSPS) is 13.2. The molecule has 43 heavy (non-hydrogen) atoms. The smallest absolute Gasteiger partial charge is 0.330 e. The summed E-state index contributed by atoms with van der Waals surface area (Å²) in [6, 6.07) is 0. The Hall–Kier alpha value is -1.51. The molecule has 0 aliphatic heterocycles. The molecule has 248 valence electrons. The summed E-state index contributed by atoms with van der Waals surface area (Å²) in [7, 11) is -3.10. The van der Waals surface area contributed by atoms with Crippen molar-refractivity contribution in [2.45, 2.75) is 136 Å². The lowest BCUT2D eigenvalue weighted by molar-refractivity contribution is -0.670. The number of quaternary nitrogens is 1. The van der Waals surface area contributed by atoms with Gasteiger partial charge >= 0.3 is 7.60 Å². The van der Waals surface area contributed by atoms with Gasteiger partial charge in [-0.05, 0) is 19.8 Å². The minimum atomic E-state index is -3.10. The van der Waals surface area contributed by atoms with Crippen molar-refractivity contribution in [1.82, 2.24) is 15.0 Å². The van der Waals surface area contributed by atoms with Crippen LogP contribution in [0.5, 0.6) is 0 Å². The number of ether oxygens (including phenoxy) is 1. The molecule has 0 saturated carbocycles. The first-order valence-corrected chi connectivity index (χ1v) is 19.1. The topological polar surface area (TPSA) is 123 Å². The molecular formula is C33H62N4O5P+. The molecule has 2 heterocycles. The van der Waals surface area contributed by atoms with Gasteiger partial charge in [0, 0.05) is 25.8 Å². The van der Waals surface area contributed by atoms with Gasteiger partial charge in [-0.3, -0.25) is 9.36 Å². The van der Waals surface area contributed by atoms with Gasteiger partial charge in [0.25, 0.3) is 5.56 Å². The highest BCUT2D eigenvalue weighted by atomic mass is 31.2. The molecule has 0 fully saturated rings. The fourth-order valence-corrected chi connectivity index (χ4v) is 7.13. The Bertz CT molecular complexity index is 1040. The molecule has 0 saturated heterocycles. The van der Waals surface area contributed by atoms with Gasteiger partial charge in [-0.1, -0.05) is 103 Å². The van der Waals surface area contributed by atoms with Crippen LogP contribution in [0.2, 0.25) is 0 Å². The van der Waals surface area contributed by atoms with E-state index in [4.69, 9.17) is 13.8 Å². The van der Waals surface area contributed by atoms with Crippen molar-refractivity contribution >= 4 is 18.6 Å². The largest absolute Gasteiger partial charge is 0.381 e. The predicted molar refractivity (Wildman–Crippen MR) is 177 cm³/mol. The third-order valence-corrected chi connectivity index (χ3v) is 10.0. The van der Waals surface area contributed by atoms with Crippen LogP contribution in [0.25, 0.3) is 11.0 Å². The lowest BCUT2D eigenvalue weighted by Crippen LogP contribution is -2.82. The van der Waals surface area contributed by atoms with Crippen LogP contribution >= 0.6 is 7.60 Å². The van der Waals surface area contributed by atoms with Gasteiger partial charge < -0.3 is 29.1 Å². The van der Waals surface area contributed by atoms with E-state index in [1.165, 1.54) is 103 Å². The number of aromatic amines is 2. The van der Waals surface area contributed by atoms with Crippen LogP contribution in [0.1, 0.15) is 135 Å². The maximum atomic E-state index is 13.1. The van der Waals surface area contributed by atoms with Gasteiger partial charge in [0.05, 0.1) is 37.8 Å². The number of rotatable bonds is 30. The number of nitrogens with zero attached hydrogens (tertiary/aromatic N) is 1. The second kappa shape index (κ2) is 24.8. The Morgan fingerprint density at radius 2 is 1.35 bits per heavy atom. The quantitative estimate of drug-likeness (QED) is 0.0606. The molecule has 1 atom stereocenters. The molecule has 4 N–H and O–H groups in total. The van der Waals surface area contributed by atoms with E-state index in [0.717, 1.165) is 31.6 Å². The Balaban J connectivity index is 1.37. The van der Waals surface area contributed by atoms with Crippen LogP contribution < -0.4 is 10.9 Å². The summed E-state index contributed by atoms with van der Waals surface area (Å²) in [5, 5.41) is 2.12. The summed E-state index contributed by atoms with van der Waals surface area (Å²) in [4.78, 5) is 21.6. The third-order valence-electron chi connectivity index (χ3n) is 7.94. The summed E-state index contributed by atoms with van der Waals surface area (Å²) >= 11 is 0. The molecule has 2 aromatic heterocycles. The number of fused-ring (bicyclic) bond motifs is 1. The Morgan fingerprint density at radius 3 is 1.98 bits per heavy atom. The van der Waals surface area contributed by atoms with E-state index in [9.17, 15) is 9.36 Å². The molecule has 0 spiro atoms. The van der Waals surface area contributed by atoms with Crippen LogP contribution in [-0.2, 0) is 24.9 Å². The molecule has 2 rings (SSSR count). The van der Waals surface area contributed by atoms with Gasteiger partial charge in [-0.2, -0.15) is 0 Å². The van der Waals surface area contributed by atoms with Gasteiger partial charge in [-0.15, -0.1) is 0 Å². The summed E-state index contributed by atoms with van der Waals surface area (Å²) in [6.45, 7) is 7.75. The lowest BCUT2D eigenvalue weighted by atomic mass is 10.0. The zero-order valence-corrected chi connectivity index (χ0v) is 28.2. The molecule has 0 aliphatic carbocycles. The van der Waals surface area contributed by atoms with Gasteiger partial charge in [0.2, 0.25) is 0 Å². The number of unbranched alkanes of at least 4 members (excludes halogenated alkanes) is 15. The number of nitrogens with two attached hydrogens (primary N) is 1. The van der Waals surface area contributed by atoms with E-state index in [2.05, 4.69) is 27.2 Å². The fourth-order valence-electron chi connectivity index (χ4n) is 5.43. The van der Waals surface area contributed by atoms with E-state index >= 15 is 0 Å². The number of H-pyrrole nitrogens is 2. The fraction of sp³-hybridized carbons (Fsp3) is 0.818. The summed E-state index contributed by atoms with van der Waals surface area (Å²) in [6.07, 6.45) is 27.0. The summed E-state index contributed by atoms with van der Waals surface area (Å²) in [5.74, 6) is 0. The Morgan fingerprint density at radius 1 is 0.744 bits per heavy atom. The van der Waals surface area contributed by atoms with Crippen molar-refractivity contribution < 1.29 is 23.7 Å². The number of hydrogen-bond donors (Lipinski definition) is 3. The van der Waals surface area contributed by atoms with Crippen LogP contribution in [0.4, 0.5) is 0 Å². The average molecular weight is 626 g/mol. The highest BCUT2D eigenvalue weighted by Crippen LogP contribution is 2.48. The van der Waals surface area contributed by atoms with Gasteiger partial charge in [0.15, 0.2) is 0 Å². The van der Waals surface area contributed by atoms with E-state index in [1.54, 1.807) is 0 Å². The van der Waals surface area contributed by atoms with Crippen molar-refractivity contribution in [2.24, 2.45) is 0 Å². The molecule has 9 nitrogen and oxygen atoms in total. The molecule has 0 bridgehead atoms. The molecule has 1 unspecified atom stereocenters. The second-order valence-corrected chi connectivity index (χ2v) is 13.9. The van der Waals surface area contributed by atoms with E-state index in [0.29, 0.717) is 50.0 Å². The SMILES string of the molecule is CCCCCCCCCCCCCCCCCCOCCCOP(=O)(CCC[NH2+]Cc1c[nH]c2c(=O)[nH]cnc12)OCC. The number of nitrogens with one attached hydrogen (secondary N) is 2. The van der Waals surface area contributed by atoms with Gasteiger partial charge in [-0.25, -0.2) is 4.98 Å². The first kappa shape index (κ1) is 37.7. The summed E-state index contributed by atoms with van der Waals surface area (Å²) < 4.78 is 30.1. The average Bonchev–Trinajstić information content (AvgIpc) is 3.42. The first-order valence-electron chi connectivity index (χ1n) is 17.4. The van der Waals surface area contributed by atoms with E-state index in [-0.39, 0.29) is 5.56 Å². The van der Waals surface area contributed by atoms with Crippen molar-refractivity contribution in [1.29, 1.82) is 0 Å². The van der Waals surface area contributed by atoms with Crippen molar-refractivity contribution in [3.63, 3.8) is 0 Å². The molecular weight excluding hydrogens is 563 g/mol. The molecule has 0 amide bonds. The lowest BCUT2D eigenvalue weighted by Gasteiger charge is -2.17. The zero-order chi connectivity index (χ0) is 30.9. The molecule has 0 aliphatic rings. The van der Waals surface area contributed by atoms with Gasteiger partial charge in [0.1, 0.15) is 17.6 Å². The van der Waals surface area contributed by atoms with Crippen LogP contribution in [0.3, 0.4) is 0 Å². The highest BCUT2D eigenvalue weighted by Gasteiger charge is 2.23. The third kappa shape index (κ3) is 17.5. The zero-order valence-electron chi connectivity index (χ0n) is 27.3. The van der Waals surface area contributed by atoms with E-state index < -0.39 is 7.60 Å². The van der Waals surface area contributed by atoms with Crippen LogP contribution in [0.15, 0.2) is 17.3 Å². The predicted octanol–water partition coefficient (Wildman–Crippen LogP) is 7.62. The first-order chi connectivity index (χ1) is 21.1. The minimum absolute atomic E-state index is 0.170. The van der Waals surface area contributed by atoms with Crippen molar-refractivity contribution in [3.8, 4) is 0 Å². The maximum Gasteiger partial charge on any atom is 0.330 e. The standard InChI is InChI=1S/C33H61N4O5P/c1-3-5-6-7-8-9-10-11-12-13-14-15-16-17-18-19-23-40-24-21-25-42-43(39,41-4-2)26-20-22-34-27-30-28-35-32-31(30)36-29-37-33(32)38/h28-29,34-35H,3-27H2,1-2H3,(H,36,37,38)/p+1. The minimum Gasteiger partial charge on any atom is -0.381 e. The van der Waals surface area contributed by atoms with E-state index in [1.807, 2.05) is 13.1 Å². The highest BCUT2D eigenvalue weighted by molar-refractivity contribution is 7.53. The second-order valence-electron chi connectivity index (χ2n) is 11.8. The molecule has 0 aromatic carbocycles. The van der Waals surface area contributed by atoms with Crippen molar-refractivity contribution in [2.75, 3.05) is 39.1 Å². The van der Waals surface area contributed by atoms with Crippen LogP contribution in [0, 0.1) is 0 Å². The van der Waals surface area contributed by atoms with Crippen LogP contribution in [-0.4, -0.2) is 54.1 Å². The molecule has 0 radical (unpaired) electrons. The monoisotopic (exact) mass is 625 g/mol. The Kier molecular flexibility index (Phi) is 21.7. The number of aromatic nitrogens is 3. The molecule has 10 heteroatoms. The Labute approximate surface area is 260 Å². The summed E-state index contributed by atoms with van der Waals surface area (Å²) in [5.41, 5.74) is 2.00. The van der Waals surface area contributed by atoms with Crippen molar-refractivity contribution in [3.05, 3.63) is 28.4 Å².